The number of aliphatic hydroxyl groups is 1. The van der Waals surface area contributed by atoms with Gasteiger partial charge in [0.1, 0.15) is 17.6 Å². The Morgan fingerprint density at radius 3 is 2.48 bits per heavy atom. The molecule has 228 valence electrons. The summed E-state index contributed by atoms with van der Waals surface area (Å²) >= 11 is 0. The van der Waals surface area contributed by atoms with E-state index in [1.165, 1.54) is 0 Å². The van der Waals surface area contributed by atoms with Gasteiger partial charge in [-0.05, 0) is 62.7 Å². The lowest BCUT2D eigenvalue weighted by atomic mass is 9.44. The Labute approximate surface area is 243 Å². The molecule has 3 rings (SSSR count). The molecule has 0 aromatic carbocycles. The van der Waals surface area contributed by atoms with Gasteiger partial charge in [-0.15, -0.1) is 6.58 Å². The third-order valence-corrected chi connectivity index (χ3v) is 13.0. The third kappa shape index (κ3) is 5.59. The fraction of sp³-hybridized carbons (Fsp3) is 0.839. The Kier molecular flexibility index (Phi) is 9.55. The van der Waals surface area contributed by atoms with Gasteiger partial charge in [0, 0.05) is 40.5 Å². The van der Waals surface area contributed by atoms with E-state index in [4.69, 9.17) is 10.5 Å². The molecule has 8 nitrogen and oxygen atoms in total. The van der Waals surface area contributed by atoms with Gasteiger partial charge in [0.25, 0.3) is 0 Å². The number of esters is 1. The number of nitrogens with one attached hydrogen (secondary N) is 1. The first kappa shape index (κ1) is 32.9. The predicted molar refractivity (Wildman–Crippen MR) is 158 cm³/mol. The number of hydrogen-bond acceptors (Lipinski definition) is 7. The van der Waals surface area contributed by atoms with E-state index in [1.54, 1.807) is 19.9 Å². The van der Waals surface area contributed by atoms with Crippen molar-refractivity contribution in [1.29, 1.82) is 0 Å². The van der Waals surface area contributed by atoms with Crippen LogP contribution in [0, 0.1) is 39.9 Å². The van der Waals surface area contributed by atoms with Crippen LogP contribution in [-0.4, -0.2) is 62.3 Å². The molecule has 3 aliphatic rings. The smallest absolute Gasteiger partial charge is 0.318 e. The first-order chi connectivity index (χ1) is 18.4. The van der Waals surface area contributed by atoms with Crippen LogP contribution in [-0.2, 0) is 29.9 Å². The molecule has 9 heteroatoms. The highest BCUT2D eigenvalue weighted by Gasteiger charge is 2.68. The van der Waals surface area contributed by atoms with Gasteiger partial charge >= 0.3 is 5.97 Å². The van der Waals surface area contributed by atoms with E-state index in [0.717, 1.165) is 19.3 Å². The Balaban J connectivity index is 1.87. The van der Waals surface area contributed by atoms with Crippen LogP contribution in [0.4, 0.5) is 0 Å². The summed E-state index contributed by atoms with van der Waals surface area (Å²) in [6.07, 6.45) is 3.63. The van der Waals surface area contributed by atoms with Crippen LogP contribution >= 0.6 is 0 Å². The minimum Gasteiger partial charge on any atom is -0.461 e. The lowest BCUT2D eigenvalue weighted by Crippen LogP contribution is -2.63. The number of amides is 1. The maximum Gasteiger partial charge on any atom is 0.318 e. The summed E-state index contributed by atoms with van der Waals surface area (Å²) in [5, 5.41) is 14.4. The number of aliphatic hydroxyl groups excluding tert-OH is 1. The van der Waals surface area contributed by atoms with Gasteiger partial charge in [-0.3, -0.25) is 18.6 Å². The summed E-state index contributed by atoms with van der Waals surface area (Å²) in [5.74, 6) is -1.42. The Hall–Kier alpha value is -1.58. The molecule has 4 N–H and O–H groups in total. The number of Topliss-reactive ketones (excluding diaryl/α,β-unsaturated/α-hetero) is 1. The first-order valence-electron chi connectivity index (χ1n) is 14.8. The number of carbonyl (C=O) groups excluding carboxylic acids is 3. The Bertz CT molecular complexity index is 1040. The van der Waals surface area contributed by atoms with Crippen molar-refractivity contribution < 1.29 is 28.4 Å². The van der Waals surface area contributed by atoms with Crippen molar-refractivity contribution in [3.63, 3.8) is 0 Å². The first-order valence-corrected chi connectivity index (χ1v) is 16.1. The summed E-state index contributed by atoms with van der Waals surface area (Å²) in [5.41, 5.74) is 4.21. The van der Waals surface area contributed by atoms with E-state index in [0.29, 0.717) is 12.8 Å². The van der Waals surface area contributed by atoms with E-state index in [1.807, 2.05) is 20.8 Å². The Morgan fingerprint density at radius 2 is 1.90 bits per heavy atom. The fourth-order valence-corrected chi connectivity index (χ4v) is 8.70. The zero-order chi connectivity index (χ0) is 30.4. The molecule has 40 heavy (non-hydrogen) atoms. The number of nitrogens with two attached hydrogens (primary N) is 1. The number of ether oxygens (including phenoxy) is 1. The summed E-state index contributed by atoms with van der Waals surface area (Å²) in [4.78, 5) is 39.3. The van der Waals surface area contributed by atoms with Crippen LogP contribution in [0.1, 0.15) is 87.5 Å². The third-order valence-electron chi connectivity index (χ3n) is 11.2. The highest BCUT2D eigenvalue weighted by atomic mass is 32.2. The fourth-order valence-electron chi connectivity index (χ4n) is 7.80. The molecule has 0 radical (unpaired) electrons. The van der Waals surface area contributed by atoms with E-state index in [-0.39, 0.29) is 53.1 Å². The van der Waals surface area contributed by atoms with Crippen LogP contribution in [0.5, 0.6) is 0 Å². The molecular weight excluding hydrogens is 528 g/mol. The van der Waals surface area contributed by atoms with Crippen LogP contribution in [0.3, 0.4) is 0 Å². The molecule has 1 unspecified atom stereocenters. The van der Waals surface area contributed by atoms with Crippen molar-refractivity contribution in [2.24, 2.45) is 45.7 Å². The zero-order valence-electron chi connectivity index (χ0n) is 25.7. The number of ketones is 1. The standard InChI is InChI=1S/C31H52N2O6S/c1-10-29(8)15-22(39-23(35)16-40(38)28(6,7)17-33-27(37)24(32)18(2)3)30(9)19(4)11-13-31(20(5)26(29)36)14-12-21(34)25(30)31/h10,18-20,22,24-26,36H,1,11-17,32H2,2-9H3,(H,33,37)/t19-,20+,22-,24-,25+,26+,29-,30+,31+,40?/m1/s1. The molecule has 0 aromatic heterocycles. The van der Waals surface area contributed by atoms with Gasteiger partial charge < -0.3 is 20.9 Å². The molecule has 1 amide bonds. The highest BCUT2D eigenvalue weighted by Crippen LogP contribution is 2.68. The number of rotatable bonds is 9. The predicted octanol–water partition coefficient (Wildman–Crippen LogP) is 3.52. The average molecular weight is 581 g/mol. The minimum absolute atomic E-state index is 0.0378. The van der Waals surface area contributed by atoms with Crippen molar-refractivity contribution in [3.05, 3.63) is 12.7 Å². The molecule has 10 atom stereocenters. The SMILES string of the molecule is C=C[C@]1(C)C[C@@H](OC(=O)CS(=O)C(C)(C)CNC(=O)[C@H](N)C(C)C)[C@]2(C)[C@H](C)CC[C@]3(CCC(=O)[C@H]32)[C@@H](C)[C@@H]1O. The maximum absolute atomic E-state index is 13.5. The van der Waals surface area contributed by atoms with Crippen molar-refractivity contribution in [2.45, 2.75) is 110 Å². The van der Waals surface area contributed by atoms with E-state index in [2.05, 4.69) is 32.7 Å². The van der Waals surface area contributed by atoms with Crippen LogP contribution < -0.4 is 11.1 Å². The van der Waals surface area contributed by atoms with E-state index in [9.17, 15) is 23.7 Å². The topological polar surface area (TPSA) is 136 Å². The van der Waals surface area contributed by atoms with Gasteiger partial charge in [-0.1, -0.05) is 47.6 Å². The van der Waals surface area contributed by atoms with Crippen molar-refractivity contribution >= 4 is 28.5 Å². The van der Waals surface area contributed by atoms with Crippen LogP contribution in [0.15, 0.2) is 12.7 Å². The molecule has 3 fully saturated rings. The zero-order valence-corrected chi connectivity index (χ0v) is 26.6. The largest absolute Gasteiger partial charge is 0.461 e. The van der Waals surface area contributed by atoms with E-state index >= 15 is 0 Å². The van der Waals surface area contributed by atoms with Gasteiger partial charge in [0.2, 0.25) is 5.91 Å². The maximum atomic E-state index is 13.5. The minimum atomic E-state index is -1.66. The molecule has 0 aromatic rings. The summed E-state index contributed by atoms with van der Waals surface area (Å²) in [6, 6.07) is -0.672. The second-order valence-electron chi connectivity index (χ2n) is 14.3. The molecule has 0 saturated heterocycles. The summed E-state index contributed by atoms with van der Waals surface area (Å²) < 4.78 is 18.7. The van der Waals surface area contributed by atoms with Gasteiger partial charge in [-0.25, -0.2) is 0 Å². The molecule has 0 spiro atoms. The molecule has 3 saturated carbocycles. The second kappa shape index (κ2) is 11.6. The number of hydrogen-bond donors (Lipinski definition) is 3. The second-order valence-corrected chi connectivity index (χ2v) is 16.4. The van der Waals surface area contributed by atoms with Gasteiger partial charge in [0.05, 0.1) is 16.9 Å². The molecule has 2 bridgehead atoms. The quantitative estimate of drug-likeness (QED) is 0.280. The molecule has 3 aliphatic carbocycles. The van der Waals surface area contributed by atoms with Gasteiger partial charge in [0.15, 0.2) is 0 Å². The molecule has 0 aliphatic heterocycles. The molecular formula is C31H52N2O6S. The average Bonchev–Trinajstić information content (AvgIpc) is 3.25. The van der Waals surface area contributed by atoms with Crippen LogP contribution in [0.2, 0.25) is 0 Å². The van der Waals surface area contributed by atoms with Crippen molar-refractivity contribution in [3.8, 4) is 0 Å². The van der Waals surface area contributed by atoms with Crippen LogP contribution in [0.25, 0.3) is 0 Å². The summed E-state index contributed by atoms with van der Waals surface area (Å²) in [6.45, 7) is 19.5. The summed E-state index contributed by atoms with van der Waals surface area (Å²) in [7, 11) is -1.66. The molecule has 0 heterocycles. The lowest BCUT2D eigenvalue weighted by Gasteiger charge is -2.61. The number of carbonyl (C=O) groups is 3. The lowest BCUT2D eigenvalue weighted by molar-refractivity contribution is -0.205. The van der Waals surface area contributed by atoms with Gasteiger partial charge in [-0.2, -0.15) is 0 Å². The highest BCUT2D eigenvalue weighted by molar-refractivity contribution is 7.87. The van der Waals surface area contributed by atoms with E-state index < -0.39 is 50.6 Å². The van der Waals surface area contributed by atoms with Crippen molar-refractivity contribution in [2.75, 3.05) is 12.3 Å². The monoisotopic (exact) mass is 580 g/mol. The Morgan fingerprint density at radius 1 is 1.27 bits per heavy atom. The van der Waals surface area contributed by atoms with Crippen molar-refractivity contribution in [1.82, 2.24) is 5.32 Å². The normalized spacial score (nSPS) is 39.5.